The molecule has 1 aromatic carbocycles. The highest BCUT2D eigenvalue weighted by atomic mass is 16.3. The van der Waals surface area contributed by atoms with E-state index < -0.39 is 0 Å². The molecule has 3 nitrogen and oxygen atoms in total. The Bertz CT molecular complexity index is 351. The minimum Gasteiger partial charge on any atom is -0.508 e. The fourth-order valence-electron chi connectivity index (χ4n) is 2.42. The summed E-state index contributed by atoms with van der Waals surface area (Å²) in [5.74, 6) is 0.381. The number of phenols is 1. The van der Waals surface area contributed by atoms with Crippen LogP contribution in [-0.2, 0) is 6.42 Å². The van der Waals surface area contributed by atoms with E-state index in [-0.39, 0.29) is 6.61 Å². The molecule has 1 aliphatic rings. The molecule has 0 bridgehead atoms. The maximum atomic E-state index is 9.74. The van der Waals surface area contributed by atoms with E-state index in [1.54, 1.807) is 6.07 Å². The third kappa shape index (κ3) is 1.67. The van der Waals surface area contributed by atoms with E-state index in [4.69, 9.17) is 5.11 Å². The van der Waals surface area contributed by atoms with E-state index in [1.165, 1.54) is 0 Å². The van der Waals surface area contributed by atoms with Crippen LogP contribution in [0.2, 0.25) is 0 Å². The molecular weight excluding hydrogens is 190 g/mol. The highest BCUT2D eigenvalue weighted by Gasteiger charge is 2.29. The minimum absolute atomic E-state index is 0.204. The second-order valence-electron chi connectivity index (χ2n) is 3.93. The second kappa shape index (κ2) is 4.11. The highest BCUT2D eigenvalue weighted by molar-refractivity contribution is 5.64. The first-order valence-electron chi connectivity index (χ1n) is 5.46. The van der Waals surface area contributed by atoms with Crippen LogP contribution in [0, 0.1) is 0 Å². The first-order chi connectivity index (χ1) is 7.27. The molecule has 0 fully saturated rings. The third-order valence-corrected chi connectivity index (χ3v) is 3.12. The molecule has 0 aromatic heterocycles. The van der Waals surface area contributed by atoms with Crippen LogP contribution in [-0.4, -0.2) is 29.4 Å². The molecule has 1 aromatic rings. The molecule has 1 unspecified atom stereocenters. The first kappa shape index (κ1) is 10.3. The van der Waals surface area contributed by atoms with E-state index in [0.717, 1.165) is 30.6 Å². The summed E-state index contributed by atoms with van der Waals surface area (Å²) in [6.07, 6.45) is 1.61. The van der Waals surface area contributed by atoms with E-state index in [2.05, 4.69) is 11.8 Å². The molecule has 0 aliphatic carbocycles. The van der Waals surface area contributed by atoms with Crippen LogP contribution in [0.4, 0.5) is 5.69 Å². The molecule has 3 heteroatoms. The quantitative estimate of drug-likeness (QED) is 0.790. The number of aromatic hydroxyl groups is 1. The van der Waals surface area contributed by atoms with Crippen molar-refractivity contribution in [3.05, 3.63) is 23.8 Å². The van der Waals surface area contributed by atoms with Gasteiger partial charge in [-0.2, -0.15) is 0 Å². The summed E-state index contributed by atoms with van der Waals surface area (Å²) in [7, 11) is 0. The summed E-state index contributed by atoms with van der Waals surface area (Å²) in [6.45, 7) is 3.22. The predicted molar refractivity (Wildman–Crippen MR) is 60.3 cm³/mol. The monoisotopic (exact) mass is 207 g/mol. The number of nitrogens with zero attached hydrogens (tertiary/aromatic N) is 1. The van der Waals surface area contributed by atoms with Gasteiger partial charge in [-0.25, -0.2) is 0 Å². The summed E-state index contributed by atoms with van der Waals surface area (Å²) in [5, 5.41) is 18.7. The first-order valence-corrected chi connectivity index (χ1v) is 5.46. The number of aliphatic hydroxyl groups excluding tert-OH is 1. The Hall–Kier alpha value is -1.22. The van der Waals surface area contributed by atoms with Crippen LogP contribution in [0.3, 0.4) is 0 Å². The van der Waals surface area contributed by atoms with Gasteiger partial charge in [-0.1, -0.05) is 6.07 Å². The lowest BCUT2D eigenvalue weighted by atomic mass is 10.1. The summed E-state index contributed by atoms with van der Waals surface area (Å²) in [4.78, 5) is 2.26. The number of anilines is 1. The summed E-state index contributed by atoms with van der Waals surface area (Å²) < 4.78 is 0. The zero-order chi connectivity index (χ0) is 10.8. The van der Waals surface area contributed by atoms with Gasteiger partial charge in [0.25, 0.3) is 0 Å². The van der Waals surface area contributed by atoms with Crippen molar-refractivity contribution in [2.75, 3.05) is 18.1 Å². The van der Waals surface area contributed by atoms with Gasteiger partial charge in [-0.3, -0.25) is 0 Å². The number of fused-ring (bicyclic) bond motifs is 1. The fourth-order valence-corrected chi connectivity index (χ4v) is 2.42. The van der Waals surface area contributed by atoms with Crippen molar-refractivity contribution in [2.45, 2.75) is 25.8 Å². The molecule has 15 heavy (non-hydrogen) atoms. The smallest absolute Gasteiger partial charge is 0.120 e. The van der Waals surface area contributed by atoms with Crippen LogP contribution >= 0.6 is 0 Å². The highest BCUT2D eigenvalue weighted by Crippen LogP contribution is 2.38. The molecule has 82 valence electrons. The molecule has 0 spiro atoms. The zero-order valence-electron chi connectivity index (χ0n) is 8.98. The van der Waals surface area contributed by atoms with Gasteiger partial charge in [0.1, 0.15) is 5.75 Å². The number of phenolic OH excluding ortho intramolecular Hbond substituents is 1. The van der Waals surface area contributed by atoms with Gasteiger partial charge >= 0.3 is 0 Å². The van der Waals surface area contributed by atoms with Crippen LogP contribution < -0.4 is 4.90 Å². The van der Waals surface area contributed by atoms with Crippen molar-refractivity contribution in [1.82, 2.24) is 0 Å². The van der Waals surface area contributed by atoms with Gasteiger partial charge < -0.3 is 15.1 Å². The minimum atomic E-state index is 0.204. The van der Waals surface area contributed by atoms with Gasteiger partial charge in [0, 0.05) is 30.4 Å². The molecule has 0 saturated carbocycles. The Kier molecular flexibility index (Phi) is 2.82. The molecular formula is C12H17NO2. The Morgan fingerprint density at radius 1 is 1.47 bits per heavy atom. The van der Waals surface area contributed by atoms with Gasteiger partial charge in [-0.05, 0) is 31.9 Å². The number of hydrogen-bond donors (Lipinski definition) is 2. The van der Waals surface area contributed by atoms with E-state index in [0.29, 0.717) is 11.8 Å². The molecule has 0 radical (unpaired) electrons. The fraction of sp³-hybridized carbons (Fsp3) is 0.500. The van der Waals surface area contributed by atoms with Crippen LogP contribution in [0.5, 0.6) is 5.75 Å². The molecule has 0 saturated heterocycles. The van der Waals surface area contributed by atoms with E-state index in [1.807, 2.05) is 12.1 Å². The standard InChI is InChI=1S/C12H17NO2/c1-2-13-9(6-7-14)8-10-11(13)4-3-5-12(10)15/h3-5,9,14-15H,2,6-8H2,1H3. The van der Waals surface area contributed by atoms with Crippen molar-refractivity contribution >= 4 is 5.69 Å². The Balaban J connectivity index is 2.32. The summed E-state index contributed by atoms with van der Waals surface area (Å²) in [6, 6.07) is 5.98. The van der Waals surface area contributed by atoms with Crippen molar-refractivity contribution in [3.8, 4) is 5.75 Å². The lowest BCUT2D eigenvalue weighted by Gasteiger charge is -2.25. The van der Waals surface area contributed by atoms with Gasteiger partial charge in [0.15, 0.2) is 0 Å². The van der Waals surface area contributed by atoms with Crippen LogP contribution in [0.25, 0.3) is 0 Å². The molecule has 0 amide bonds. The van der Waals surface area contributed by atoms with Crippen molar-refractivity contribution in [1.29, 1.82) is 0 Å². The third-order valence-electron chi connectivity index (χ3n) is 3.12. The zero-order valence-corrected chi connectivity index (χ0v) is 8.98. The van der Waals surface area contributed by atoms with Gasteiger partial charge in [0.2, 0.25) is 0 Å². The van der Waals surface area contributed by atoms with Crippen molar-refractivity contribution in [3.63, 3.8) is 0 Å². The van der Waals surface area contributed by atoms with Crippen molar-refractivity contribution in [2.24, 2.45) is 0 Å². The lowest BCUT2D eigenvalue weighted by molar-refractivity contribution is 0.274. The maximum Gasteiger partial charge on any atom is 0.120 e. The number of aliphatic hydroxyl groups is 1. The second-order valence-corrected chi connectivity index (χ2v) is 3.93. The van der Waals surface area contributed by atoms with Gasteiger partial charge in [-0.15, -0.1) is 0 Å². The summed E-state index contributed by atoms with van der Waals surface area (Å²) >= 11 is 0. The Labute approximate surface area is 90.0 Å². The summed E-state index contributed by atoms with van der Waals surface area (Å²) in [5.41, 5.74) is 2.15. The lowest BCUT2D eigenvalue weighted by Crippen LogP contribution is -2.32. The number of likely N-dealkylation sites (N-methyl/N-ethyl adjacent to an activating group) is 1. The number of benzene rings is 1. The number of hydrogen-bond acceptors (Lipinski definition) is 3. The largest absolute Gasteiger partial charge is 0.508 e. The average molecular weight is 207 g/mol. The van der Waals surface area contributed by atoms with Crippen LogP contribution in [0.15, 0.2) is 18.2 Å². The van der Waals surface area contributed by atoms with E-state index >= 15 is 0 Å². The molecule has 1 heterocycles. The molecule has 2 N–H and O–H groups in total. The Morgan fingerprint density at radius 2 is 2.27 bits per heavy atom. The predicted octanol–water partition coefficient (Wildman–Crippen LogP) is 1.53. The van der Waals surface area contributed by atoms with Gasteiger partial charge in [0.05, 0.1) is 0 Å². The maximum absolute atomic E-state index is 9.74. The molecule has 2 rings (SSSR count). The Morgan fingerprint density at radius 3 is 2.93 bits per heavy atom. The number of rotatable bonds is 3. The molecule has 1 atom stereocenters. The molecule has 1 aliphatic heterocycles. The van der Waals surface area contributed by atoms with Crippen LogP contribution in [0.1, 0.15) is 18.9 Å². The normalized spacial score (nSPS) is 19.3. The SMILES string of the molecule is CCN1c2cccc(O)c2CC1CCO. The average Bonchev–Trinajstić information content (AvgIpc) is 2.58. The topological polar surface area (TPSA) is 43.7 Å². The van der Waals surface area contributed by atoms with Crippen molar-refractivity contribution < 1.29 is 10.2 Å². The van der Waals surface area contributed by atoms with E-state index in [9.17, 15) is 5.11 Å².